The van der Waals surface area contributed by atoms with E-state index < -0.39 is 76.2 Å². The Balaban J connectivity index is 3.60. The van der Waals surface area contributed by atoms with Gasteiger partial charge in [0.25, 0.3) is 0 Å². The molecule has 0 aliphatic carbocycles. The molecule has 1 N–H and O–H groups in total. The van der Waals surface area contributed by atoms with Gasteiger partial charge in [-0.15, -0.1) is 0 Å². The highest BCUT2D eigenvalue weighted by Crippen LogP contribution is 2.62. The third kappa shape index (κ3) is 4.78. The zero-order valence-electron chi connectivity index (χ0n) is 16.8. The molecule has 1 amide bonds. The van der Waals surface area contributed by atoms with Gasteiger partial charge in [0.15, 0.2) is 0 Å². The lowest BCUT2D eigenvalue weighted by Gasteiger charge is -2.42. The number of anilines is 1. The maximum atomic E-state index is 13.9. The van der Waals surface area contributed by atoms with Gasteiger partial charge in [-0.2, -0.15) is 74.6 Å². The van der Waals surface area contributed by atoms with Crippen LogP contribution < -0.4 is 5.32 Å². The third-order valence-corrected chi connectivity index (χ3v) is 4.82. The summed E-state index contributed by atoms with van der Waals surface area (Å²) in [6.45, 7) is 0. The Bertz CT molecular complexity index is 1050. The molecule has 1 aromatic carbocycles. The van der Waals surface area contributed by atoms with Gasteiger partial charge in [-0.25, -0.2) is 8.78 Å². The van der Waals surface area contributed by atoms with Crippen LogP contribution in [0.4, 0.5) is 89.1 Å². The Kier molecular flexibility index (Phi) is 8.32. The fraction of sp³-hybridized carbons (Fsp3) is 0.562. The summed E-state index contributed by atoms with van der Waals surface area (Å²) >= 11 is 5.20. The average Bonchev–Trinajstić information content (AvgIpc) is 2.73. The molecule has 0 bridgehead atoms. The van der Waals surface area contributed by atoms with Gasteiger partial charge in [0.2, 0.25) is 0 Å². The molecule has 0 aromatic heterocycles. The molecule has 220 valence electrons. The maximum Gasteiger partial charge on any atom is 0.416 e. The van der Waals surface area contributed by atoms with Crippen molar-refractivity contribution < 1.29 is 88.2 Å². The first-order valence-corrected chi connectivity index (χ1v) is 8.95. The first-order valence-electron chi connectivity index (χ1n) is 8.57. The Morgan fingerprint density at radius 3 is 1.45 bits per heavy atom. The fourth-order valence-electron chi connectivity index (χ4n) is 2.28. The van der Waals surface area contributed by atoms with E-state index in [9.17, 15) is 88.2 Å². The number of hydrogen-bond acceptors (Lipinski definition) is 1. The van der Waals surface area contributed by atoms with E-state index in [0.717, 1.165) is 0 Å². The standard InChI is InChI=1S/C16H5ClF19NO/c17-5-2-1-4(11(24,25)26)3-6(5)37-8(38)10(22,23)13(29,30)15(33,34)16(35,36)14(31,32)12(27,28)9(20,21)7(18)19/h1-3,7H,(H,37,38). The molecule has 0 radical (unpaired) electrons. The van der Waals surface area contributed by atoms with Crippen molar-refractivity contribution in [3.05, 3.63) is 28.8 Å². The van der Waals surface area contributed by atoms with Crippen LogP contribution in [0.5, 0.6) is 0 Å². The lowest BCUT2D eigenvalue weighted by atomic mass is 9.89. The quantitative estimate of drug-likeness (QED) is 0.278. The Morgan fingerprint density at radius 1 is 0.658 bits per heavy atom. The van der Waals surface area contributed by atoms with Gasteiger partial charge in [0.1, 0.15) is 0 Å². The van der Waals surface area contributed by atoms with E-state index in [2.05, 4.69) is 0 Å². The fourth-order valence-corrected chi connectivity index (χ4v) is 2.44. The summed E-state index contributed by atoms with van der Waals surface area (Å²) in [5.41, 5.74) is -3.60. The average molecular weight is 624 g/mol. The summed E-state index contributed by atoms with van der Waals surface area (Å²) in [7, 11) is 0. The molecule has 0 aliphatic heterocycles. The highest BCUT2D eigenvalue weighted by atomic mass is 35.5. The highest BCUT2D eigenvalue weighted by Gasteiger charge is 2.94. The van der Waals surface area contributed by atoms with Crippen molar-refractivity contribution in [1.29, 1.82) is 0 Å². The summed E-state index contributed by atoms with van der Waals surface area (Å²) in [6, 6.07) is -0.135. The van der Waals surface area contributed by atoms with Crippen LogP contribution in [-0.4, -0.2) is 53.8 Å². The van der Waals surface area contributed by atoms with Crippen LogP contribution in [0.2, 0.25) is 5.02 Å². The first kappa shape index (κ1) is 33.7. The molecule has 1 rings (SSSR count). The zero-order chi connectivity index (χ0) is 30.7. The van der Waals surface area contributed by atoms with Gasteiger partial charge in [-0.3, -0.25) is 4.79 Å². The van der Waals surface area contributed by atoms with Crippen molar-refractivity contribution in [2.24, 2.45) is 0 Å². The number of nitrogens with one attached hydrogen (secondary N) is 1. The smallest absolute Gasteiger partial charge is 0.319 e. The van der Waals surface area contributed by atoms with Crippen LogP contribution in [0.1, 0.15) is 5.56 Å². The lowest BCUT2D eigenvalue weighted by Crippen LogP contribution is -2.74. The Morgan fingerprint density at radius 2 is 1.05 bits per heavy atom. The van der Waals surface area contributed by atoms with Gasteiger partial charge in [-0.05, 0) is 18.2 Å². The predicted molar refractivity (Wildman–Crippen MR) is 85.7 cm³/mol. The SMILES string of the molecule is O=C(Nc1cc(C(F)(F)F)ccc1Cl)C(F)(F)C(F)(F)C(F)(F)C(F)(F)C(F)(F)C(F)(F)C(F)(F)C(F)F. The number of rotatable bonds is 9. The van der Waals surface area contributed by atoms with Gasteiger partial charge in [-0.1, -0.05) is 11.6 Å². The van der Waals surface area contributed by atoms with Crippen molar-refractivity contribution in [2.75, 3.05) is 5.32 Å². The van der Waals surface area contributed by atoms with E-state index in [1.807, 2.05) is 0 Å². The largest absolute Gasteiger partial charge is 0.416 e. The van der Waals surface area contributed by atoms with Crippen molar-refractivity contribution in [1.82, 2.24) is 0 Å². The normalized spacial score (nSPS) is 15.2. The molecule has 22 heteroatoms. The summed E-state index contributed by atoms with van der Waals surface area (Å²) in [5.74, 6) is -61.6. The van der Waals surface area contributed by atoms with Gasteiger partial charge < -0.3 is 5.32 Å². The molecule has 0 spiro atoms. The number of amides is 1. The minimum absolute atomic E-state index is 0.0941. The molecule has 0 saturated carbocycles. The predicted octanol–water partition coefficient (Wildman–Crippen LogP) is 8.01. The second-order valence-electron chi connectivity index (χ2n) is 7.02. The van der Waals surface area contributed by atoms with Crippen molar-refractivity contribution in [2.45, 2.75) is 54.1 Å². The van der Waals surface area contributed by atoms with Gasteiger partial charge in [0.05, 0.1) is 16.3 Å². The first-order chi connectivity index (χ1) is 16.5. The summed E-state index contributed by atoms with van der Waals surface area (Å²) in [6.07, 6.45) is -11.4. The number of halogens is 20. The van der Waals surface area contributed by atoms with Crippen LogP contribution >= 0.6 is 11.6 Å². The summed E-state index contributed by atoms with van der Waals surface area (Å²) in [4.78, 5) is 11.4. The second kappa shape index (κ2) is 9.39. The monoisotopic (exact) mass is 623 g/mol. The van der Waals surface area contributed by atoms with Crippen LogP contribution in [0.15, 0.2) is 18.2 Å². The zero-order valence-corrected chi connectivity index (χ0v) is 17.5. The maximum absolute atomic E-state index is 13.9. The van der Waals surface area contributed by atoms with Crippen LogP contribution in [-0.2, 0) is 11.0 Å². The molecule has 0 aliphatic rings. The highest BCUT2D eigenvalue weighted by molar-refractivity contribution is 6.33. The molecule has 0 saturated heterocycles. The molecule has 0 atom stereocenters. The summed E-state index contributed by atoms with van der Waals surface area (Å²) in [5, 5.41) is -0.853. The molecule has 0 fully saturated rings. The number of carbonyl (C=O) groups excluding carboxylic acids is 1. The van der Waals surface area contributed by atoms with Crippen LogP contribution in [0.25, 0.3) is 0 Å². The van der Waals surface area contributed by atoms with E-state index in [0.29, 0.717) is 5.32 Å². The number of carbonyl (C=O) groups is 1. The van der Waals surface area contributed by atoms with Crippen LogP contribution in [0, 0.1) is 0 Å². The van der Waals surface area contributed by atoms with E-state index >= 15 is 0 Å². The number of alkyl halides is 19. The van der Waals surface area contributed by atoms with Gasteiger partial charge in [0, 0.05) is 0 Å². The molecule has 0 heterocycles. The van der Waals surface area contributed by atoms with E-state index in [1.165, 1.54) is 0 Å². The minimum Gasteiger partial charge on any atom is -0.319 e. The number of benzene rings is 1. The second-order valence-corrected chi connectivity index (χ2v) is 7.42. The Labute approximate surface area is 200 Å². The van der Waals surface area contributed by atoms with E-state index in [-0.39, 0.29) is 18.2 Å². The molecule has 0 unspecified atom stereocenters. The number of hydrogen-bond donors (Lipinski definition) is 1. The van der Waals surface area contributed by atoms with Crippen molar-refractivity contribution >= 4 is 23.2 Å². The van der Waals surface area contributed by atoms with Crippen molar-refractivity contribution in [3.8, 4) is 0 Å². The van der Waals surface area contributed by atoms with E-state index in [4.69, 9.17) is 11.6 Å². The van der Waals surface area contributed by atoms with Crippen molar-refractivity contribution in [3.63, 3.8) is 0 Å². The summed E-state index contributed by atoms with van der Waals surface area (Å²) < 4.78 is 251. The third-order valence-electron chi connectivity index (χ3n) is 4.49. The van der Waals surface area contributed by atoms with Crippen LogP contribution in [0.3, 0.4) is 0 Å². The van der Waals surface area contributed by atoms with Gasteiger partial charge >= 0.3 is 60.0 Å². The minimum atomic E-state index is -8.73. The topological polar surface area (TPSA) is 29.1 Å². The van der Waals surface area contributed by atoms with E-state index in [1.54, 1.807) is 0 Å². The molecular formula is C16H5ClF19NO. The lowest BCUT2D eigenvalue weighted by molar-refractivity contribution is -0.443. The molecule has 1 aromatic rings. The Hall–Kier alpha value is -2.35. The molecular weight excluding hydrogens is 619 g/mol. The molecule has 38 heavy (non-hydrogen) atoms. The molecule has 2 nitrogen and oxygen atoms in total.